The van der Waals surface area contributed by atoms with Crippen LogP contribution in [-0.4, -0.2) is 29.0 Å². The first-order valence-corrected chi connectivity index (χ1v) is 12.1. The van der Waals surface area contributed by atoms with Crippen molar-refractivity contribution >= 4 is 45.0 Å². The van der Waals surface area contributed by atoms with Gasteiger partial charge in [0.15, 0.2) is 0 Å². The maximum atomic E-state index is 13.9. The molecule has 0 bridgehead atoms. The zero-order chi connectivity index (χ0) is 24.6. The van der Waals surface area contributed by atoms with Crippen molar-refractivity contribution in [1.82, 2.24) is 0 Å². The van der Waals surface area contributed by atoms with Crippen LogP contribution in [-0.2, 0) is 14.3 Å². The number of anilines is 1. The van der Waals surface area contributed by atoms with Crippen molar-refractivity contribution in [3.63, 3.8) is 0 Å². The lowest BCUT2D eigenvalue weighted by atomic mass is 9.77. The van der Waals surface area contributed by atoms with Crippen LogP contribution >= 0.6 is 15.9 Å². The highest BCUT2D eigenvalue weighted by molar-refractivity contribution is 9.10. The molecule has 7 heteroatoms. The number of aryl methyl sites for hydroxylation is 2. The van der Waals surface area contributed by atoms with Crippen molar-refractivity contribution in [3.05, 3.63) is 99.0 Å². The molecule has 3 aromatic carbocycles. The van der Waals surface area contributed by atoms with Crippen LogP contribution in [0.3, 0.4) is 0 Å². The van der Waals surface area contributed by atoms with Crippen molar-refractivity contribution in [1.29, 1.82) is 0 Å². The lowest BCUT2D eigenvalue weighted by Crippen LogP contribution is -2.51. The van der Waals surface area contributed by atoms with Gasteiger partial charge in [-0.25, -0.2) is 4.90 Å². The van der Waals surface area contributed by atoms with E-state index in [-0.39, 0.29) is 11.1 Å². The molecule has 2 saturated heterocycles. The van der Waals surface area contributed by atoms with Crippen LogP contribution in [0.1, 0.15) is 43.5 Å². The van der Waals surface area contributed by atoms with Gasteiger partial charge < -0.3 is 4.74 Å². The largest absolute Gasteiger partial charge is 0.349 e. The minimum absolute atomic E-state index is 0.220. The summed E-state index contributed by atoms with van der Waals surface area (Å²) < 4.78 is 7.13. The van der Waals surface area contributed by atoms with E-state index in [4.69, 9.17) is 4.74 Å². The van der Waals surface area contributed by atoms with Crippen LogP contribution in [0.4, 0.5) is 5.69 Å². The van der Waals surface area contributed by atoms with Gasteiger partial charge in [0.2, 0.25) is 29.0 Å². The molecular weight excluding hydrogens is 510 g/mol. The van der Waals surface area contributed by atoms with Gasteiger partial charge in [-0.15, -0.1) is 0 Å². The Morgan fingerprint density at radius 2 is 1.43 bits per heavy atom. The second-order valence-corrected chi connectivity index (χ2v) is 10.2. The van der Waals surface area contributed by atoms with Gasteiger partial charge in [0, 0.05) is 15.6 Å². The average Bonchev–Trinajstić information content (AvgIpc) is 3.41. The number of ether oxygens (including phenoxy) is 1. The molecule has 174 valence electrons. The smallest absolute Gasteiger partial charge is 0.241 e. The van der Waals surface area contributed by atoms with E-state index in [0.29, 0.717) is 11.3 Å². The number of halogens is 1. The Bertz CT molecular complexity index is 1430. The summed E-state index contributed by atoms with van der Waals surface area (Å²) in [4.78, 5) is 56.5. The van der Waals surface area contributed by atoms with Gasteiger partial charge in [-0.05, 0) is 54.8 Å². The molecule has 3 aliphatic rings. The molecule has 0 unspecified atom stereocenters. The molecule has 2 aliphatic heterocycles. The number of carbonyl (C=O) groups excluding carboxylic acids is 4. The number of carbonyl (C=O) groups is 4. The van der Waals surface area contributed by atoms with Gasteiger partial charge in [-0.1, -0.05) is 58.4 Å². The molecule has 3 atom stereocenters. The maximum absolute atomic E-state index is 13.9. The van der Waals surface area contributed by atoms with Crippen molar-refractivity contribution < 1.29 is 23.9 Å². The number of ketones is 2. The minimum Gasteiger partial charge on any atom is -0.349 e. The summed E-state index contributed by atoms with van der Waals surface area (Å²) in [6.45, 7) is 3.85. The highest BCUT2D eigenvalue weighted by Crippen LogP contribution is 2.57. The maximum Gasteiger partial charge on any atom is 0.241 e. The molecule has 1 spiro atoms. The molecule has 6 rings (SSSR count). The Morgan fingerprint density at radius 1 is 0.800 bits per heavy atom. The standard InChI is InChI=1S/C28H20BrNO5/c1-14-7-12-18(13-15(14)2)30-26(33)21-22(27(30)34)28(35-23(21)16-8-10-17(29)11-9-16)24(31)19-5-3-4-6-20(19)25(28)32/h3-13,21-23H,1-2H3/t21-,22+,23+/m1/s1. The summed E-state index contributed by atoms with van der Waals surface area (Å²) in [6, 6.07) is 19.0. The van der Waals surface area contributed by atoms with Crippen LogP contribution in [0, 0.1) is 25.7 Å². The molecule has 35 heavy (non-hydrogen) atoms. The van der Waals surface area contributed by atoms with Gasteiger partial charge in [-0.2, -0.15) is 0 Å². The van der Waals surface area contributed by atoms with Crippen LogP contribution in [0.25, 0.3) is 0 Å². The summed E-state index contributed by atoms with van der Waals surface area (Å²) in [6.07, 6.45) is -0.927. The van der Waals surface area contributed by atoms with E-state index in [2.05, 4.69) is 15.9 Å². The third-order valence-corrected chi connectivity index (χ3v) is 7.99. The zero-order valence-electron chi connectivity index (χ0n) is 18.9. The van der Waals surface area contributed by atoms with Crippen LogP contribution in [0.5, 0.6) is 0 Å². The highest BCUT2D eigenvalue weighted by Gasteiger charge is 2.74. The number of hydrogen-bond acceptors (Lipinski definition) is 5. The number of hydrogen-bond donors (Lipinski definition) is 0. The molecule has 2 heterocycles. The predicted molar refractivity (Wildman–Crippen MR) is 131 cm³/mol. The van der Waals surface area contributed by atoms with E-state index in [9.17, 15) is 19.2 Å². The molecule has 0 N–H and O–H groups in total. The van der Waals surface area contributed by atoms with E-state index in [1.165, 1.54) is 0 Å². The third-order valence-electron chi connectivity index (χ3n) is 7.47. The molecule has 1 aliphatic carbocycles. The van der Waals surface area contributed by atoms with Crippen LogP contribution < -0.4 is 4.90 Å². The first kappa shape index (κ1) is 22.1. The number of rotatable bonds is 2. The van der Waals surface area contributed by atoms with Crippen molar-refractivity contribution in [2.75, 3.05) is 4.90 Å². The Labute approximate surface area is 210 Å². The number of Topliss-reactive ketones (excluding diaryl/α,β-unsaturated/α-hetero) is 2. The second-order valence-electron chi connectivity index (χ2n) is 9.31. The zero-order valence-corrected chi connectivity index (χ0v) is 20.5. The Hall–Kier alpha value is -3.42. The van der Waals surface area contributed by atoms with E-state index in [0.717, 1.165) is 20.5 Å². The van der Waals surface area contributed by atoms with Crippen molar-refractivity contribution in [2.45, 2.75) is 25.6 Å². The van der Waals surface area contributed by atoms with Crippen LogP contribution in [0.2, 0.25) is 0 Å². The van der Waals surface area contributed by atoms with Gasteiger partial charge >= 0.3 is 0 Å². The summed E-state index contributed by atoms with van der Waals surface area (Å²) in [5, 5.41) is 0. The average molecular weight is 530 g/mol. The first-order chi connectivity index (χ1) is 16.8. The monoisotopic (exact) mass is 529 g/mol. The van der Waals surface area contributed by atoms with Gasteiger partial charge in [0.05, 0.1) is 23.6 Å². The number of fused-ring (bicyclic) bond motifs is 3. The lowest BCUT2D eigenvalue weighted by Gasteiger charge is -2.27. The van der Waals surface area contributed by atoms with Gasteiger partial charge in [0.1, 0.15) is 0 Å². The summed E-state index contributed by atoms with van der Waals surface area (Å²) in [7, 11) is 0. The Morgan fingerprint density at radius 3 is 2.03 bits per heavy atom. The normalized spacial score (nSPS) is 24.4. The molecule has 2 fully saturated rings. The van der Waals surface area contributed by atoms with Gasteiger partial charge in [-0.3, -0.25) is 19.2 Å². The van der Waals surface area contributed by atoms with E-state index in [1.807, 2.05) is 19.9 Å². The number of nitrogens with zero attached hydrogens (tertiary/aromatic N) is 1. The SMILES string of the molecule is Cc1ccc(N2C(=O)[C@@H]3[C@@H](C2=O)C2(O[C@H]3c3ccc(Br)cc3)C(=O)c3ccccc3C2=O)cc1C. The molecule has 0 radical (unpaired) electrons. The second kappa shape index (κ2) is 7.54. The number of benzene rings is 3. The summed E-state index contributed by atoms with van der Waals surface area (Å²) >= 11 is 3.40. The van der Waals surface area contributed by atoms with Crippen molar-refractivity contribution in [2.24, 2.45) is 11.8 Å². The number of amides is 2. The van der Waals surface area contributed by atoms with E-state index >= 15 is 0 Å². The van der Waals surface area contributed by atoms with Crippen molar-refractivity contribution in [3.8, 4) is 0 Å². The fourth-order valence-electron chi connectivity index (χ4n) is 5.59. The molecule has 0 saturated carbocycles. The fourth-order valence-corrected chi connectivity index (χ4v) is 5.85. The molecule has 2 amide bonds. The highest BCUT2D eigenvalue weighted by atomic mass is 79.9. The number of imide groups is 1. The summed E-state index contributed by atoms with van der Waals surface area (Å²) in [5.74, 6) is -4.43. The fraction of sp³-hybridized carbons (Fsp3) is 0.214. The summed E-state index contributed by atoms with van der Waals surface area (Å²) in [5.41, 5.74) is 1.38. The molecule has 3 aromatic rings. The van der Waals surface area contributed by atoms with Gasteiger partial charge in [0.25, 0.3) is 0 Å². The van der Waals surface area contributed by atoms with E-state index in [1.54, 1.807) is 60.7 Å². The Balaban J connectivity index is 1.54. The predicted octanol–water partition coefficient (Wildman–Crippen LogP) is 4.76. The molecule has 6 nitrogen and oxygen atoms in total. The van der Waals surface area contributed by atoms with E-state index < -0.39 is 46.9 Å². The molecule has 0 aromatic heterocycles. The topological polar surface area (TPSA) is 80.8 Å². The van der Waals surface area contributed by atoms with Crippen LogP contribution in [0.15, 0.2) is 71.2 Å². The lowest BCUT2D eigenvalue weighted by molar-refractivity contribution is -0.127. The minimum atomic E-state index is -2.06. The Kier molecular flexibility index (Phi) is 4.75. The third kappa shape index (κ3) is 2.85. The first-order valence-electron chi connectivity index (χ1n) is 11.3. The quantitative estimate of drug-likeness (QED) is 0.353. The molecular formula is C28H20BrNO5.